The van der Waals surface area contributed by atoms with Crippen molar-refractivity contribution in [3.63, 3.8) is 0 Å². The van der Waals surface area contributed by atoms with E-state index < -0.39 is 4.92 Å². The number of carbonyl (C=O) groups excluding carboxylic acids is 1. The van der Waals surface area contributed by atoms with Crippen molar-refractivity contribution in [1.29, 1.82) is 0 Å². The van der Waals surface area contributed by atoms with Crippen LogP contribution in [0.4, 0.5) is 11.4 Å². The molecule has 2 atom stereocenters. The van der Waals surface area contributed by atoms with Crippen molar-refractivity contribution in [1.82, 2.24) is 4.90 Å². The number of nitrogens with one attached hydrogen (secondary N) is 1. The van der Waals surface area contributed by atoms with Gasteiger partial charge in [-0.25, -0.2) is 0 Å². The number of nitro benzene ring substituents is 1. The summed E-state index contributed by atoms with van der Waals surface area (Å²) < 4.78 is 0. The molecule has 1 aliphatic heterocycles. The van der Waals surface area contributed by atoms with Gasteiger partial charge in [0.15, 0.2) is 0 Å². The monoisotopic (exact) mass is 332 g/mol. The van der Waals surface area contributed by atoms with Crippen LogP contribution >= 0.6 is 0 Å². The zero-order chi connectivity index (χ0) is 17.3. The minimum atomic E-state index is -0.430. The first-order chi connectivity index (χ1) is 11.5. The molecule has 2 aliphatic rings. The van der Waals surface area contributed by atoms with E-state index in [-0.39, 0.29) is 17.6 Å². The summed E-state index contributed by atoms with van der Waals surface area (Å²) in [5, 5.41) is 14.5. The van der Waals surface area contributed by atoms with Gasteiger partial charge in [0.1, 0.15) is 5.69 Å². The normalized spacial score (nSPS) is 23.8. The summed E-state index contributed by atoms with van der Waals surface area (Å²) in [5.74, 6) is 0.375. The average molecular weight is 332 g/mol. The number of nitrogens with two attached hydrogens (primary N) is 1. The molecule has 2 fully saturated rings. The number of hydrogen-bond donors (Lipinski definition) is 2. The highest BCUT2D eigenvalue weighted by Gasteiger charge is 2.31. The molecule has 0 spiro atoms. The summed E-state index contributed by atoms with van der Waals surface area (Å²) in [6, 6.07) is 5.03. The smallest absolute Gasteiger partial charge is 0.293 e. The van der Waals surface area contributed by atoms with Crippen LogP contribution in [-0.2, 0) is 0 Å². The van der Waals surface area contributed by atoms with Gasteiger partial charge in [0.25, 0.3) is 11.6 Å². The van der Waals surface area contributed by atoms with Gasteiger partial charge in [0.2, 0.25) is 0 Å². The molecule has 1 aliphatic carbocycles. The molecule has 1 saturated heterocycles. The van der Waals surface area contributed by atoms with E-state index in [4.69, 9.17) is 5.73 Å². The minimum absolute atomic E-state index is 0.00423. The number of carbonyl (C=O) groups is 1. The van der Waals surface area contributed by atoms with Crippen LogP contribution in [0.5, 0.6) is 0 Å². The topological polar surface area (TPSA) is 102 Å². The number of likely N-dealkylation sites (tertiary alicyclic amines) is 1. The number of piperidine rings is 1. The molecule has 1 aromatic rings. The van der Waals surface area contributed by atoms with E-state index in [2.05, 4.69) is 12.2 Å². The first-order valence-electron chi connectivity index (χ1n) is 8.55. The van der Waals surface area contributed by atoms with Crippen molar-refractivity contribution < 1.29 is 9.72 Å². The predicted octanol–water partition coefficient (Wildman–Crippen LogP) is 2.37. The number of nitrogens with zero attached hydrogens (tertiary/aromatic N) is 2. The third-order valence-electron chi connectivity index (χ3n) is 4.89. The van der Waals surface area contributed by atoms with Gasteiger partial charge in [-0.05, 0) is 43.7 Å². The predicted molar refractivity (Wildman–Crippen MR) is 92.0 cm³/mol. The lowest BCUT2D eigenvalue weighted by molar-refractivity contribution is -0.384. The fraction of sp³-hybridized carbons (Fsp3) is 0.588. The maximum absolute atomic E-state index is 12.8. The van der Waals surface area contributed by atoms with Gasteiger partial charge in [-0.2, -0.15) is 0 Å². The summed E-state index contributed by atoms with van der Waals surface area (Å²) in [4.78, 5) is 25.5. The van der Waals surface area contributed by atoms with E-state index in [0.717, 1.165) is 25.7 Å². The van der Waals surface area contributed by atoms with Crippen LogP contribution in [0, 0.1) is 16.0 Å². The first-order valence-corrected chi connectivity index (χ1v) is 8.55. The highest BCUT2D eigenvalue weighted by atomic mass is 16.6. The Morgan fingerprint density at radius 3 is 2.79 bits per heavy atom. The van der Waals surface area contributed by atoms with Gasteiger partial charge in [-0.1, -0.05) is 6.92 Å². The van der Waals surface area contributed by atoms with Gasteiger partial charge in [-0.15, -0.1) is 0 Å². The van der Waals surface area contributed by atoms with Gasteiger partial charge in [0.05, 0.1) is 4.92 Å². The van der Waals surface area contributed by atoms with Crippen molar-refractivity contribution in [2.24, 2.45) is 11.7 Å². The molecule has 3 N–H and O–H groups in total. The van der Waals surface area contributed by atoms with Crippen LogP contribution in [0.25, 0.3) is 0 Å². The van der Waals surface area contributed by atoms with E-state index >= 15 is 0 Å². The molecule has 3 rings (SSSR count). The lowest BCUT2D eigenvalue weighted by Gasteiger charge is -2.38. The largest absolute Gasteiger partial charge is 0.377 e. The Morgan fingerprint density at radius 1 is 1.42 bits per heavy atom. The molecule has 7 heteroatoms. The van der Waals surface area contributed by atoms with Gasteiger partial charge in [0, 0.05) is 36.8 Å². The highest BCUT2D eigenvalue weighted by molar-refractivity contribution is 5.96. The Bertz CT molecular complexity index is 645. The Hall–Kier alpha value is -2.15. The molecular weight excluding hydrogens is 308 g/mol. The Morgan fingerprint density at radius 2 is 2.17 bits per heavy atom. The number of benzene rings is 1. The first kappa shape index (κ1) is 16.7. The van der Waals surface area contributed by atoms with E-state index in [1.54, 1.807) is 17.0 Å². The second kappa shape index (κ2) is 6.76. The molecule has 2 unspecified atom stereocenters. The number of rotatable bonds is 5. The second-order valence-corrected chi connectivity index (χ2v) is 6.93. The Kier molecular flexibility index (Phi) is 4.71. The lowest BCUT2D eigenvalue weighted by Crippen LogP contribution is -2.49. The highest BCUT2D eigenvalue weighted by Crippen LogP contribution is 2.32. The van der Waals surface area contributed by atoms with Crippen molar-refractivity contribution >= 4 is 17.3 Å². The van der Waals surface area contributed by atoms with Crippen LogP contribution in [0.1, 0.15) is 43.0 Å². The zero-order valence-electron chi connectivity index (χ0n) is 13.9. The second-order valence-electron chi connectivity index (χ2n) is 6.93. The minimum Gasteiger partial charge on any atom is -0.377 e. The van der Waals surface area contributed by atoms with Crippen LogP contribution in [0.2, 0.25) is 0 Å². The standard InChI is InChI=1S/C17H24N4O3/c1-11-6-7-20(14(8-11)10-18)17(22)12-2-5-15(19-13-3-4-13)16(9-12)21(23)24/h2,5,9,11,13-14,19H,3-4,6-8,10,18H2,1H3. The fourth-order valence-corrected chi connectivity index (χ4v) is 3.29. The van der Waals surface area contributed by atoms with Crippen LogP contribution in [0.3, 0.4) is 0 Å². The molecule has 0 bridgehead atoms. The molecule has 0 aromatic heterocycles. The van der Waals surface area contributed by atoms with Crippen molar-refractivity contribution in [3.8, 4) is 0 Å². The molecule has 1 heterocycles. The van der Waals surface area contributed by atoms with E-state index in [0.29, 0.717) is 36.3 Å². The van der Waals surface area contributed by atoms with E-state index in [1.165, 1.54) is 6.07 Å². The summed E-state index contributed by atoms with van der Waals surface area (Å²) in [6.45, 7) is 3.23. The lowest BCUT2D eigenvalue weighted by atomic mass is 9.92. The van der Waals surface area contributed by atoms with Crippen molar-refractivity contribution in [2.45, 2.75) is 44.7 Å². The SMILES string of the molecule is CC1CCN(C(=O)c2ccc(NC3CC3)c([N+](=O)[O-])c2)C(CN)C1. The molecule has 24 heavy (non-hydrogen) atoms. The van der Waals surface area contributed by atoms with Crippen molar-refractivity contribution in [2.75, 3.05) is 18.4 Å². The maximum Gasteiger partial charge on any atom is 0.293 e. The summed E-state index contributed by atoms with van der Waals surface area (Å²) >= 11 is 0. The maximum atomic E-state index is 12.8. The fourth-order valence-electron chi connectivity index (χ4n) is 3.29. The number of anilines is 1. The van der Waals surface area contributed by atoms with E-state index in [9.17, 15) is 14.9 Å². The number of hydrogen-bond acceptors (Lipinski definition) is 5. The van der Waals surface area contributed by atoms with Gasteiger partial charge in [-0.3, -0.25) is 14.9 Å². The zero-order valence-corrected chi connectivity index (χ0v) is 13.9. The quantitative estimate of drug-likeness (QED) is 0.636. The Labute approximate surface area is 141 Å². The summed E-state index contributed by atoms with van der Waals surface area (Å²) in [7, 11) is 0. The van der Waals surface area contributed by atoms with Crippen LogP contribution in [0.15, 0.2) is 18.2 Å². The summed E-state index contributed by atoms with van der Waals surface area (Å²) in [5.41, 5.74) is 6.63. The van der Waals surface area contributed by atoms with Crippen LogP contribution in [-0.4, -0.2) is 40.9 Å². The molecule has 1 saturated carbocycles. The molecule has 130 valence electrons. The Balaban J connectivity index is 1.83. The van der Waals surface area contributed by atoms with Gasteiger partial charge < -0.3 is 16.0 Å². The number of nitro groups is 1. The van der Waals surface area contributed by atoms with Crippen LogP contribution < -0.4 is 11.1 Å². The average Bonchev–Trinajstić information content (AvgIpc) is 3.38. The third-order valence-corrected chi connectivity index (χ3v) is 4.89. The van der Waals surface area contributed by atoms with Crippen molar-refractivity contribution in [3.05, 3.63) is 33.9 Å². The molecular formula is C17H24N4O3. The summed E-state index contributed by atoms with van der Waals surface area (Å²) in [6.07, 6.45) is 3.88. The molecule has 0 radical (unpaired) electrons. The molecule has 7 nitrogen and oxygen atoms in total. The van der Waals surface area contributed by atoms with E-state index in [1.807, 2.05) is 0 Å². The molecule has 1 aromatic carbocycles. The number of amides is 1. The third kappa shape index (κ3) is 3.51. The van der Waals surface area contributed by atoms with Gasteiger partial charge >= 0.3 is 0 Å². The molecule has 1 amide bonds.